The lowest BCUT2D eigenvalue weighted by atomic mass is 10.1. The molecule has 0 radical (unpaired) electrons. The minimum Gasteiger partial charge on any atom is -0.495 e. The highest BCUT2D eigenvalue weighted by Crippen LogP contribution is 2.31. The largest absolute Gasteiger partial charge is 0.495 e. The second-order valence-electron chi connectivity index (χ2n) is 5.66. The highest BCUT2D eigenvalue weighted by Gasteiger charge is 2.24. The Labute approximate surface area is 131 Å². The summed E-state index contributed by atoms with van der Waals surface area (Å²) in [5.74, 6) is 1.08. The van der Waals surface area contributed by atoms with E-state index >= 15 is 0 Å². The SMILES string of the molecule is CCC(=O)N(CC1CCNC1)c1cc(C(C)=O)ccc1OC. The van der Waals surface area contributed by atoms with Crippen LogP contribution in [0.15, 0.2) is 18.2 Å². The van der Waals surface area contributed by atoms with Crippen LogP contribution in [0.25, 0.3) is 0 Å². The Hall–Kier alpha value is -1.88. The number of carbonyl (C=O) groups is 2. The monoisotopic (exact) mass is 304 g/mol. The van der Waals surface area contributed by atoms with Crippen molar-refractivity contribution in [1.82, 2.24) is 5.32 Å². The van der Waals surface area contributed by atoms with Crippen LogP contribution >= 0.6 is 0 Å². The van der Waals surface area contributed by atoms with Gasteiger partial charge in [0.05, 0.1) is 12.8 Å². The number of hydrogen-bond donors (Lipinski definition) is 1. The molecule has 1 aliphatic heterocycles. The van der Waals surface area contributed by atoms with E-state index in [4.69, 9.17) is 4.74 Å². The van der Waals surface area contributed by atoms with Crippen molar-refractivity contribution in [2.45, 2.75) is 26.7 Å². The van der Waals surface area contributed by atoms with Crippen molar-refractivity contribution < 1.29 is 14.3 Å². The summed E-state index contributed by atoms with van der Waals surface area (Å²) in [5, 5.41) is 3.32. The van der Waals surface area contributed by atoms with Crippen LogP contribution in [0.5, 0.6) is 5.75 Å². The van der Waals surface area contributed by atoms with Crippen molar-refractivity contribution >= 4 is 17.4 Å². The molecular formula is C17H24N2O3. The van der Waals surface area contributed by atoms with Gasteiger partial charge in [0, 0.05) is 18.5 Å². The zero-order valence-corrected chi connectivity index (χ0v) is 13.5. The predicted octanol–water partition coefficient (Wildman–Crippen LogP) is 2.25. The van der Waals surface area contributed by atoms with E-state index in [2.05, 4.69) is 5.32 Å². The third-order valence-corrected chi connectivity index (χ3v) is 4.08. The van der Waals surface area contributed by atoms with E-state index in [1.807, 2.05) is 6.92 Å². The first-order valence-corrected chi connectivity index (χ1v) is 7.76. The van der Waals surface area contributed by atoms with Crippen LogP contribution in [0.1, 0.15) is 37.0 Å². The van der Waals surface area contributed by atoms with Gasteiger partial charge < -0.3 is 15.0 Å². The third-order valence-electron chi connectivity index (χ3n) is 4.08. The van der Waals surface area contributed by atoms with E-state index in [1.165, 1.54) is 6.92 Å². The Balaban J connectivity index is 2.37. The standard InChI is InChI=1S/C17H24N2O3/c1-4-17(21)19(11-13-7-8-18-10-13)15-9-14(12(2)20)5-6-16(15)22-3/h5-6,9,13,18H,4,7-8,10-11H2,1-3H3. The van der Waals surface area contributed by atoms with E-state index in [1.54, 1.807) is 30.2 Å². The summed E-state index contributed by atoms with van der Waals surface area (Å²) in [6, 6.07) is 5.25. The number of amides is 1. The molecule has 0 aromatic heterocycles. The smallest absolute Gasteiger partial charge is 0.226 e. The predicted molar refractivity (Wildman–Crippen MR) is 86.6 cm³/mol. The van der Waals surface area contributed by atoms with Crippen molar-refractivity contribution in [3.05, 3.63) is 23.8 Å². The van der Waals surface area contributed by atoms with Gasteiger partial charge in [-0.15, -0.1) is 0 Å². The summed E-state index contributed by atoms with van der Waals surface area (Å²) in [5.41, 5.74) is 1.28. The van der Waals surface area contributed by atoms with Crippen molar-refractivity contribution in [2.75, 3.05) is 31.6 Å². The fourth-order valence-corrected chi connectivity index (χ4v) is 2.77. The van der Waals surface area contributed by atoms with Crippen LogP contribution in [0, 0.1) is 5.92 Å². The Morgan fingerprint density at radius 3 is 2.73 bits per heavy atom. The second kappa shape index (κ2) is 7.40. The van der Waals surface area contributed by atoms with E-state index in [-0.39, 0.29) is 11.7 Å². The molecule has 1 N–H and O–H groups in total. The molecule has 1 heterocycles. The molecule has 22 heavy (non-hydrogen) atoms. The Bertz CT molecular complexity index is 551. The zero-order valence-electron chi connectivity index (χ0n) is 13.5. The average Bonchev–Trinajstić information content (AvgIpc) is 3.04. The minimum atomic E-state index is -0.0182. The maximum Gasteiger partial charge on any atom is 0.226 e. The van der Waals surface area contributed by atoms with Gasteiger partial charge in [-0.3, -0.25) is 9.59 Å². The number of hydrogen-bond acceptors (Lipinski definition) is 4. The molecule has 2 rings (SSSR count). The maximum absolute atomic E-state index is 12.4. The van der Waals surface area contributed by atoms with Crippen molar-refractivity contribution in [1.29, 1.82) is 0 Å². The number of Topliss-reactive ketones (excluding diaryl/α,β-unsaturated/α-hetero) is 1. The zero-order chi connectivity index (χ0) is 16.1. The van der Waals surface area contributed by atoms with E-state index in [9.17, 15) is 9.59 Å². The molecule has 1 atom stereocenters. The van der Waals surface area contributed by atoms with Crippen molar-refractivity contribution in [3.63, 3.8) is 0 Å². The van der Waals surface area contributed by atoms with Crippen LogP contribution in [0.4, 0.5) is 5.69 Å². The molecule has 0 saturated carbocycles. The number of rotatable bonds is 6. The minimum absolute atomic E-state index is 0.0182. The molecule has 5 nitrogen and oxygen atoms in total. The van der Waals surface area contributed by atoms with Crippen LogP contribution in [0.2, 0.25) is 0 Å². The highest BCUT2D eigenvalue weighted by atomic mass is 16.5. The summed E-state index contributed by atoms with van der Waals surface area (Å²) in [4.78, 5) is 25.8. The van der Waals surface area contributed by atoms with Gasteiger partial charge in [0.2, 0.25) is 5.91 Å². The second-order valence-corrected chi connectivity index (χ2v) is 5.66. The first-order valence-electron chi connectivity index (χ1n) is 7.76. The lowest BCUT2D eigenvalue weighted by Crippen LogP contribution is -2.36. The van der Waals surface area contributed by atoms with Crippen LogP contribution in [-0.4, -0.2) is 38.4 Å². The summed E-state index contributed by atoms with van der Waals surface area (Å²) in [6.07, 6.45) is 1.48. The van der Waals surface area contributed by atoms with Crippen LogP contribution in [0.3, 0.4) is 0 Å². The van der Waals surface area contributed by atoms with Crippen molar-refractivity contribution in [2.24, 2.45) is 5.92 Å². The van der Waals surface area contributed by atoms with Gasteiger partial charge in [-0.05, 0) is 50.6 Å². The van der Waals surface area contributed by atoms with Gasteiger partial charge in [-0.25, -0.2) is 0 Å². The molecule has 1 saturated heterocycles. The first kappa shape index (κ1) is 16.5. The normalized spacial score (nSPS) is 17.3. The van der Waals surface area contributed by atoms with Crippen LogP contribution < -0.4 is 15.0 Å². The Morgan fingerprint density at radius 1 is 1.41 bits per heavy atom. The number of nitrogens with one attached hydrogen (secondary N) is 1. The van der Waals surface area contributed by atoms with E-state index in [0.29, 0.717) is 35.9 Å². The molecule has 0 aliphatic carbocycles. The van der Waals surface area contributed by atoms with Gasteiger partial charge in [0.25, 0.3) is 0 Å². The number of carbonyl (C=O) groups excluding carboxylic acids is 2. The summed E-state index contributed by atoms with van der Waals surface area (Å²) >= 11 is 0. The Kier molecular flexibility index (Phi) is 5.55. The summed E-state index contributed by atoms with van der Waals surface area (Å²) in [6.45, 7) is 5.94. The number of anilines is 1. The molecule has 5 heteroatoms. The Morgan fingerprint density at radius 2 is 2.18 bits per heavy atom. The van der Waals surface area contributed by atoms with Crippen molar-refractivity contribution in [3.8, 4) is 5.75 Å². The van der Waals surface area contributed by atoms with Gasteiger partial charge in [-0.2, -0.15) is 0 Å². The maximum atomic E-state index is 12.4. The molecule has 0 bridgehead atoms. The van der Waals surface area contributed by atoms with E-state index in [0.717, 1.165) is 19.5 Å². The molecule has 1 fully saturated rings. The molecule has 1 amide bonds. The topological polar surface area (TPSA) is 58.6 Å². The fraction of sp³-hybridized carbons (Fsp3) is 0.529. The molecule has 1 unspecified atom stereocenters. The lowest BCUT2D eigenvalue weighted by molar-refractivity contribution is -0.118. The first-order chi connectivity index (χ1) is 10.6. The fourth-order valence-electron chi connectivity index (χ4n) is 2.77. The molecule has 1 aromatic rings. The van der Waals surface area contributed by atoms with Gasteiger partial charge in [-0.1, -0.05) is 6.92 Å². The number of nitrogens with zero attached hydrogens (tertiary/aromatic N) is 1. The van der Waals surface area contributed by atoms with Gasteiger partial charge in [0.1, 0.15) is 5.75 Å². The van der Waals surface area contributed by atoms with Gasteiger partial charge >= 0.3 is 0 Å². The van der Waals surface area contributed by atoms with Crippen LogP contribution in [-0.2, 0) is 4.79 Å². The summed E-state index contributed by atoms with van der Waals surface area (Å²) < 4.78 is 5.40. The van der Waals surface area contributed by atoms with E-state index < -0.39 is 0 Å². The molecular weight excluding hydrogens is 280 g/mol. The molecule has 120 valence electrons. The highest BCUT2D eigenvalue weighted by molar-refractivity contribution is 5.99. The van der Waals surface area contributed by atoms with Gasteiger partial charge in [0.15, 0.2) is 5.78 Å². The molecule has 0 spiro atoms. The molecule has 1 aromatic carbocycles. The number of ether oxygens (including phenoxy) is 1. The molecule has 1 aliphatic rings. The number of benzene rings is 1. The number of ketones is 1. The quantitative estimate of drug-likeness (QED) is 0.819. The lowest BCUT2D eigenvalue weighted by Gasteiger charge is -2.27. The third kappa shape index (κ3) is 3.65. The number of methoxy groups -OCH3 is 1. The summed E-state index contributed by atoms with van der Waals surface area (Å²) in [7, 11) is 1.58. The average molecular weight is 304 g/mol.